The first-order chi connectivity index (χ1) is 11.7. The third kappa shape index (κ3) is 3.05. The molecule has 0 aliphatic rings. The smallest absolute Gasteiger partial charge is 0.240 e. The lowest BCUT2D eigenvalue weighted by atomic mass is 10.2. The number of hydrogen-bond acceptors (Lipinski definition) is 6. The highest BCUT2D eigenvalue weighted by atomic mass is 32.2. The Balaban J connectivity index is 1.51. The van der Waals surface area contributed by atoms with Crippen molar-refractivity contribution < 1.29 is 0 Å². The van der Waals surface area contributed by atoms with Gasteiger partial charge in [-0.25, -0.2) is 14.5 Å². The maximum absolute atomic E-state index is 4.70. The van der Waals surface area contributed by atoms with E-state index in [2.05, 4.69) is 32.6 Å². The van der Waals surface area contributed by atoms with E-state index < -0.39 is 0 Å². The number of benzene rings is 1. The highest BCUT2D eigenvalue weighted by Crippen LogP contribution is 2.26. The molecule has 0 fully saturated rings. The van der Waals surface area contributed by atoms with Crippen molar-refractivity contribution in [3.63, 3.8) is 0 Å². The van der Waals surface area contributed by atoms with Gasteiger partial charge in [0.15, 0.2) is 0 Å². The summed E-state index contributed by atoms with van der Waals surface area (Å²) in [4.78, 5) is 13.6. The molecule has 0 aliphatic carbocycles. The molecule has 0 unspecified atom stereocenters. The van der Waals surface area contributed by atoms with E-state index in [0.29, 0.717) is 5.78 Å². The number of hydrogen-bond donors (Lipinski definition) is 0. The molecule has 0 radical (unpaired) electrons. The SMILES string of the molecule is Cc1cc(C)n2nc(SCc3csc(-c4ccccc4)n3)nc2n1. The lowest BCUT2D eigenvalue weighted by Crippen LogP contribution is -1.97. The summed E-state index contributed by atoms with van der Waals surface area (Å²) in [5.41, 5.74) is 4.19. The molecule has 0 saturated heterocycles. The molecule has 0 aliphatic heterocycles. The summed E-state index contributed by atoms with van der Waals surface area (Å²) in [7, 11) is 0. The van der Waals surface area contributed by atoms with Gasteiger partial charge in [0.1, 0.15) is 5.01 Å². The zero-order valence-electron chi connectivity index (χ0n) is 13.3. The van der Waals surface area contributed by atoms with Gasteiger partial charge in [0.25, 0.3) is 5.78 Å². The van der Waals surface area contributed by atoms with Crippen molar-refractivity contribution >= 4 is 28.9 Å². The Bertz CT molecular complexity index is 991. The Morgan fingerprint density at radius 3 is 2.75 bits per heavy atom. The van der Waals surface area contributed by atoms with Crippen LogP contribution in [0.1, 0.15) is 17.1 Å². The minimum absolute atomic E-state index is 0.651. The number of thiazole rings is 1. The van der Waals surface area contributed by atoms with Crippen LogP contribution in [0, 0.1) is 13.8 Å². The second-order valence-electron chi connectivity index (χ2n) is 5.44. The van der Waals surface area contributed by atoms with Gasteiger partial charge < -0.3 is 0 Å². The molecule has 0 spiro atoms. The van der Waals surface area contributed by atoms with E-state index in [0.717, 1.165) is 38.6 Å². The Morgan fingerprint density at radius 1 is 1.08 bits per heavy atom. The number of nitrogens with zero attached hydrogens (tertiary/aromatic N) is 5. The van der Waals surface area contributed by atoms with Gasteiger partial charge >= 0.3 is 0 Å². The molecule has 4 rings (SSSR count). The van der Waals surface area contributed by atoms with Crippen LogP contribution in [0.2, 0.25) is 0 Å². The zero-order chi connectivity index (χ0) is 16.5. The highest BCUT2D eigenvalue weighted by molar-refractivity contribution is 7.98. The average molecular weight is 353 g/mol. The fourth-order valence-electron chi connectivity index (χ4n) is 2.43. The topological polar surface area (TPSA) is 56.0 Å². The standard InChI is InChI=1S/C17H15N5S2/c1-11-8-12(2)22-16(18-11)20-17(21-22)24-10-14-9-23-15(19-14)13-6-4-3-5-7-13/h3-9H,10H2,1-2H3. The van der Waals surface area contributed by atoms with Crippen molar-refractivity contribution in [2.75, 3.05) is 0 Å². The Labute approximate surface area is 147 Å². The molecular formula is C17H15N5S2. The maximum atomic E-state index is 4.70. The molecular weight excluding hydrogens is 338 g/mol. The molecule has 0 saturated carbocycles. The van der Waals surface area contributed by atoms with E-state index in [1.165, 1.54) is 0 Å². The quantitative estimate of drug-likeness (QED) is 0.516. The predicted molar refractivity (Wildman–Crippen MR) is 97.4 cm³/mol. The largest absolute Gasteiger partial charge is 0.253 e. The van der Waals surface area contributed by atoms with Crippen molar-refractivity contribution in [2.45, 2.75) is 24.8 Å². The van der Waals surface area contributed by atoms with E-state index in [1.54, 1.807) is 27.6 Å². The molecule has 0 amide bonds. The van der Waals surface area contributed by atoms with Crippen LogP contribution in [-0.4, -0.2) is 24.6 Å². The summed E-state index contributed by atoms with van der Waals surface area (Å²) in [5.74, 6) is 1.40. The van der Waals surface area contributed by atoms with Crippen molar-refractivity contribution in [1.29, 1.82) is 0 Å². The van der Waals surface area contributed by atoms with Gasteiger partial charge in [0, 0.05) is 28.1 Å². The molecule has 1 aromatic carbocycles. The number of thioether (sulfide) groups is 1. The van der Waals surface area contributed by atoms with E-state index in [9.17, 15) is 0 Å². The van der Waals surface area contributed by atoms with Gasteiger partial charge in [-0.3, -0.25) is 0 Å². The Morgan fingerprint density at radius 2 is 1.92 bits per heavy atom. The van der Waals surface area contributed by atoms with Crippen LogP contribution in [0.15, 0.2) is 46.9 Å². The third-order valence-electron chi connectivity index (χ3n) is 3.52. The molecule has 24 heavy (non-hydrogen) atoms. The molecule has 3 aromatic heterocycles. The second-order valence-corrected chi connectivity index (χ2v) is 7.24. The van der Waals surface area contributed by atoms with Gasteiger partial charge in [-0.2, -0.15) is 4.98 Å². The number of aromatic nitrogens is 5. The summed E-state index contributed by atoms with van der Waals surface area (Å²) in [6.07, 6.45) is 0. The van der Waals surface area contributed by atoms with Crippen molar-refractivity contribution in [3.8, 4) is 10.6 Å². The Kier molecular flexibility index (Phi) is 4.03. The molecule has 0 N–H and O–H groups in total. The molecule has 7 heteroatoms. The summed E-state index contributed by atoms with van der Waals surface area (Å²) >= 11 is 3.25. The van der Waals surface area contributed by atoms with Gasteiger partial charge in [-0.15, -0.1) is 16.4 Å². The fourth-order valence-corrected chi connectivity index (χ4v) is 4.08. The summed E-state index contributed by atoms with van der Waals surface area (Å²) in [6, 6.07) is 12.2. The summed E-state index contributed by atoms with van der Waals surface area (Å²) in [5, 5.41) is 8.38. The van der Waals surface area contributed by atoms with Crippen LogP contribution in [0.4, 0.5) is 0 Å². The normalized spacial score (nSPS) is 11.2. The monoisotopic (exact) mass is 353 g/mol. The molecule has 0 bridgehead atoms. The number of fused-ring (bicyclic) bond motifs is 1. The van der Waals surface area contributed by atoms with Crippen LogP contribution in [-0.2, 0) is 5.75 Å². The van der Waals surface area contributed by atoms with Crippen LogP contribution in [0.25, 0.3) is 16.3 Å². The van der Waals surface area contributed by atoms with E-state index in [-0.39, 0.29) is 0 Å². The minimum Gasteiger partial charge on any atom is -0.240 e. The summed E-state index contributed by atoms with van der Waals surface area (Å²) < 4.78 is 1.78. The van der Waals surface area contributed by atoms with Crippen LogP contribution < -0.4 is 0 Å². The number of aryl methyl sites for hydroxylation is 2. The highest BCUT2D eigenvalue weighted by Gasteiger charge is 2.10. The summed E-state index contributed by atoms with van der Waals surface area (Å²) in [6.45, 7) is 3.98. The zero-order valence-corrected chi connectivity index (χ0v) is 14.9. The van der Waals surface area contributed by atoms with E-state index in [4.69, 9.17) is 4.98 Å². The Hall–Kier alpha value is -2.25. The first-order valence-electron chi connectivity index (χ1n) is 7.53. The third-order valence-corrected chi connectivity index (χ3v) is 5.33. The first kappa shape index (κ1) is 15.3. The van der Waals surface area contributed by atoms with E-state index >= 15 is 0 Å². The van der Waals surface area contributed by atoms with Gasteiger partial charge in [-0.1, -0.05) is 42.1 Å². The fraction of sp³-hybridized carbons (Fsp3) is 0.176. The second kappa shape index (κ2) is 6.33. The molecule has 4 aromatic rings. The average Bonchev–Trinajstić information content (AvgIpc) is 3.20. The maximum Gasteiger partial charge on any atom is 0.253 e. The van der Waals surface area contributed by atoms with E-state index in [1.807, 2.05) is 38.1 Å². The molecule has 3 heterocycles. The first-order valence-corrected chi connectivity index (χ1v) is 9.39. The van der Waals surface area contributed by atoms with Crippen molar-refractivity contribution in [2.24, 2.45) is 0 Å². The van der Waals surface area contributed by atoms with Gasteiger partial charge in [0.2, 0.25) is 5.16 Å². The van der Waals surface area contributed by atoms with Crippen molar-refractivity contribution in [3.05, 3.63) is 58.9 Å². The van der Waals surface area contributed by atoms with Crippen LogP contribution in [0.5, 0.6) is 0 Å². The molecule has 120 valence electrons. The lowest BCUT2D eigenvalue weighted by Gasteiger charge is -1.97. The lowest BCUT2D eigenvalue weighted by molar-refractivity contribution is 0.843. The van der Waals surface area contributed by atoms with Gasteiger partial charge in [0.05, 0.1) is 5.69 Å². The predicted octanol–water partition coefficient (Wildman–Crippen LogP) is 4.16. The minimum atomic E-state index is 0.651. The van der Waals surface area contributed by atoms with Crippen molar-refractivity contribution in [1.82, 2.24) is 24.6 Å². The molecule has 5 nitrogen and oxygen atoms in total. The number of rotatable bonds is 4. The molecule has 0 atom stereocenters. The van der Waals surface area contributed by atoms with Crippen LogP contribution in [0.3, 0.4) is 0 Å². The van der Waals surface area contributed by atoms with Gasteiger partial charge in [-0.05, 0) is 19.9 Å². The van der Waals surface area contributed by atoms with Crippen LogP contribution >= 0.6 is 23.1 Å².